The van der Waals surface area contributed by atoms with E-state index in [2.05, 4.69) is 4.98 Å². The molecule has 0 unspecified atom stereocenters. The normalized spacial score (nSPS) is 13.1. The van der Waals surface area contributed by atoms with Gasteiger partial charge in [0, 0.05) is 19.7 Å². The Morgan fingerprint density at radius 1 is 1.15 bits per heavy atom. The van der Waals surface area contributed by atoms with Crippen molar-refractivity contribution in [2.24, 2.45) is 14.1 Å². The zero-order valence-electron chi connectivity index (χ0n) is 14.6. The third-order valence-electron chi connectivity index (χ3n) is 4.47. The number of imidazole rings is 1. The molecule has 0 spiro atoms. The second kappa shape index (κ2) is 6.27. The Hall–Kier alpha value is -3.07. The van der Waals surface area contributed by atoms with Crippen LogP contribution in [-0.2, 0) is 20.6 Å². The Balaban J connectivity index is 1.78. The summed E-state index contributed by atoms with van der Waals surface area (Å²) in [6.45, 7) is 0.661. The van der Waals surface area contributed by atoms with Crippen LogP contribution in [-0.4, -0.2) is 37.7 Å². The number of benzene rings is 1. The van der Waals surface area contributed by atoms with E-state index in [0.29, 0.717) is 30.3 Å². The van der Waals surface area contributed by atoms with Gasteiger partial charge in [-0.05, 0) is 29.8 Å². The predicted molar refractivity (Wildman–Crippen MR) is 97.0 cm³/mol. The number of fused-ring (bicyclic) bond motifs is 2. The molecule has 1 aliphatic rings. The lowest BCUT2D eigenvalue weighted by Crippen LogP contribution is -2.37. The molecule has 0 amide bonds. The van der Waals surface area contributed by atoms with Crippen LogP contribution in [0.2, 0.25) is 5.28 Å². The van der Waals surface area contributed by atoms with Crippen molar-refractivity contribution < 1.29 is 14.3 Å². The molecule has 9 nitrogen and oxygen atoms in total. The number of aromatic nitrogens is 4. The molecule has 27 heavy (non-hydrogen) atoms. The lowest BCUT2D eigenvalue weighted by atomic mass is 10.1. The maximum absolute atomic E-state index is 12.8. The van der Waals surface area contributed by atoms with E-state index >= 15 is 0 Å². The molecule has 0 atom stereocenters. The molecule has 1 aliphatic heterocycles. The van der Waals surface area contributed by atoms with Gasteiger partial charge in [0.1, 0.15) is 13.2 Å². The molecule has 0 fully saturated rings. The SMILES string of the molecule is Cn1c(=O)c2c(nc(Cl)n2CC(=O)c2ccc3c(c2)OCCO3)n(C)c1=O. The number of halogens is 1. The van der Waals surface area contributed by atoms with E-state index in [0.717, 1.165) is 4.57 Å². The minimum absolute atomic E-state index is 0.0470. The van der Waals surface area contributed by atoms with Gasteiger partial charge in [0.25, 0.3) is 5.56 Å². The molecule has 0 aliphatic carbocycles. The van der Waals surface area contributed by atoms with E-state index in [-0.39, 0.29) is 28.8 Å². The summed E-state index contributed by atoms with van der Waals surface area (Å²) >= 11 is 6.15. The molecular weight excluding hydrogens is 376 g/mol. The zero-order valence-corrected chi connectivity index (χ0v) is 15.3. The number of carbonyl (C=O) groups is 1. The lowest BCUT2D eigenvalue weighted by molar-refractivity contribution is 0.0972. The molecule has 0 radical (unpaired) electrons. The number of hydrogen-bond acceptors (Lipinski definition) is 6. The summed E-state index contributed by atoms with van der Waals surface area (Å²) in [6, 6.07) is 4.88. The number of Topliss-reactive ketones (excluding diaryl/α,β-unsaturated/α-hetero) is 1. The van der Waals surface area contributed by atoms with Crippen LogP contribution in [0.3, 0.4) is 0 Å². The van der Waals surface area contributed by atoms with Crippen LogP contribution < -0.4 is 20.7 Å². The highest BCUT2D eigenvalue weighted by Crippen LogP contribution is 2.31. The van der Waals surface area contributed by atoms with E-state index in [1.54, 1.807) is 18.2 Å². The Labute approximate surface area is 157 Å². The smallest absolute Gasteiger partial charge is 0.332 e. The summed E-state index contributed by atoms with van der Waals surface area (Å²) in [6.07, 6.45) is 0. The first-order valence-electron chi connectivity index (χ1n) is 8.13. The van der Waals surface area contributed by atoms with Gasteiger partial charge in [-0.1, -0.05) is 0 Å². The zero-order chi connectivity index (χ0) is 19.3. The lowest BCUT2D eigenvalue weighted by Gasteiger charge is -2.18. The molecule has 140 valence electrons. The van der Waals surface area contributed by atoms with Crippen molar-refractivity contribution in [2.45, 2.75) is 6.54 Å². The molecule has 0 N–H and O–H groups in total. The minimum atomic E-state index is -0.567. The van der Waals surface area contributed by atoms with Crippen LogP contribution in [0, 0.1) is 0 Å². The second-order valence-corrected chi connectivity index (χ2v) is 6.46. The first-order chi connectivity index (χ1) is 12.9. The first kappa shape index (κ1) is 17.3. The van der Waals surface area contributed by atoms with Gasteiger partial charge >= 0.3 is 5.69 Å². The number of hydrogen-bond donors (Lipinski definition) is 0. The van der Waals surface area contributed by atoms with Crippen molar-refractivity contribution >= 4 is 28.5 Å². The molecule has 3 heterocycles. The summed E-state index contributed by atoms with van der Waals surface area (Å²) in [7, 11) is 2.85. The van der Waals surface area contributed by atoms with Crippen molar-refractivity contribution in [3.63, 3.8) is 0 Å². The third kappa shape index (κ3) is 2.71. The van der Waals surface area contributed by atoms with Crippen LogP contribution in [0.15, 0.2) is 27.8 Å². The average molecular weight is 391 g/mol. The monoisotopic (exact) mass is 390 g/mol. The Morgan fingerprint density at radius 2 is 1.85 bits per heavy atom. The van der Waals surface area contributed by atoms with Gasteiger partial charge in [0.2, 0.25) is 5.28 Å². The van der Waals surface area contributed by atoms with E-state index in [1.165, 1.54) is 23.2 Å². The molecule has 0 saturated carbocycles. The number of ketones is 1. The van der Waals surface area contributed by atoms with Crippen LogP contribution in [0.5, 0.6) is 11.5 Å². The highest BCUT2D eigenvalue weighted by molar-refractivity contribution is 6.29. The number of aryl methyl sites for hydroxylation is 1. The third-order valence-corrected chi connectivity index (χ3v) is 4.76. The summed E-state index contributed by atoms with van der Waals surface area (Å²) < 4.78 is 14.4. The standard InChI is InChI=1S/C17H15ClN4O5/c1-20-14-13(15(24)21(2)17(20)25)22(16(18)19-14)8-10(23)9-3-4-11-12(7-9)27-6-5-26-11/h3-4,7H,5-6,8H2,1-2H3. The van der Waals surface area contributed by atoms with Gasteiger partial charge in [-0.3, -0.25) is 18.7 Å². The minimum Gasteiger partial charge on any atom is -0.486 e. The van der Waals surface area contributed by atoms with Crippen molar-refractivity contribution in [1.82, 2.24) is 18.7 Å². The van der Waals surface area contributed by atoms with Crippen LogP contribution in [0.4, 0.5) is 0 Å². The number of rotatable bonds is 3. The molecule has 1 aromatic carbocycles. The summed E-state index contributed by atoms with van der Waals surface area (Å²) in [4.78, 5) is 41.4. The topological polar surface area (TPSA) is 97.3 Å². The molecule has 0 saturated heterocycles. The maximum atomic E-state index is 12.8. The molecule has 0 bridgehead atoms. The van der Waals surface area contributed by atoms with Crippen molar-refractivity contribution in [2.75, 3.05) is 13.2 Å². The van der Waals surface area contributed by atoms with Gasteiger partial charge in [-0.2, -0.15) is 4.98 Å². The highest BCUT2D eigenvalue weighted by atomic mass is 35.5. The highest BCUT2D eigenvalue weighted by Gasteiger charge is 2.21. The average Bonchev–Trinajstić information content (AvgIpc) is 3.00. The van der Waals surface area contributed by atoms with E-state index in [4.69, 9.17) is 21.1 Å². The quantitative estimate of drug-likeness (QED) is 0.483. The van der Waals surface area contributed by atoms with E-state index in [1.807, 2.05) is 0 Å². The van der Waals surface area contributed by atoms with Gasteiger partial charge in [0.15, 0.2) is 28.4 Å². The van der Waals surface area contributed by atoms with Crippen molar-refractivity contribution in [3.8, 4) is 11.5 Å². The van der Waals surface area contributed by atoms with Gasteiger partial charge < -0.3 is 14.0 Å². The molecule has 4 rings (SSSR count). The second-order valence-electron chi connectivity index (χ2n) is 6.13. The molecular formula is C17H15ClN4O5. The Kier molecular flexibility index (Phi) is 4.03. The Morgan fingerprint density at radius 3 is 2.59 bits per heavy atom. The van der Waals surface area contributed by atoms with E-state index < -0.39 is 11.2 Å². The van der Waals surface area contributed by atoms with Crippen molar-refractivity contribution in [3.05, 3.63) is 49.9 Å². The number of nitrogens with zero attached hydrogens (tertiary/aromatic N) is 4. The predicted octanol–water partition coefficient (Wildman–Crippen LogP) is 0.741. The van der Waals surface area contributed by atoms with Crippen LogP contribution >= 0.6 is 11.6 Å². The van der Waals surface area contributed by atoms with Crippen molar-refractivity contribution in [1.29, 1.82) is 0 Å². The fourth-order valence-corrected chi connectivity index (χ4v) is 3.24. The first-order valence-corrected chi connectivity index (χ1v) is 8.51. The Bertz CT molecular complexity index is 1210. The summed E-state index contributed by atoms with van der Waals surface area (Å²) in [5, 5.41) is -0.0470. The summed E-state index contributed by atoms with van der Waals surface area (Å²) in [5.74, 6) is 0.781. The van der Waals surface area contributed by atoms with E-state index in [9.17, 15) is 14.4 Å². The fourth-order valence-electron chi connectivity index (χ4n) is 3.02. The summed E-state index contributed by atoms with van der Waals surface area (Å²) in [5.41, 5.74) is -0.480. The molecule has 10 heteroatoms. The molecule has 3 aromatic rings. The van der Waals surface area contributed by atoms with Crippen LogP contribution in [0.25, 0.3) is 11.2 Å². The largest absolute Gasteiger partial charge is 0.486 e. The van der Waals surface area contributed by atoms with Gasteiger partial charge in [-0.25, -0.2) is 4.79 Å². The van der Waals surface area contributed by atoms with Gasteiger partial charge in [-0.15, -0.1) is 0 Å². The molecule has 2 aromatic heterocycles. The van der Waals surface area contributed by atoms with Gasteiger partial charge in [0.05, 0.1) is 6.54 Å². The fraction of sp³-hybridized carbons (Fsp3) is 0.294. The maximum Gasteiger partial charge on any atom is 0.332 e. The number of carbonyl (C=O) groups excluding carboxylic acids is 1. The van der Waals surface area contributed by atoms with Crippen LogP contribution in [0.1, 0.15) is 10.4 Å². The number of ether oxygens (including phenoxy) is 2.